The van der Waals surface area contributed by atoms with E-state index in [1.807, 2.05) is 0 Å². The molecule has 0 saturated heterocycles. The van der Waals surface area contributed by atoms with Crippen molar-refractivity contribution in [3.05, 3.63) is 5.82 Å². The van der Waals surface area contributed by atoms with Crippen LogP contribution in [0.5, 0.6) is 0 Å². The van der Waals surface area contributed by atoms with Crippen molar-refractivity contribution >= 4 is 16.7 Å². The van der Waals surface area contributed by atoms with Crippen molar-refractivity contribution in [3.63, 3.8) is 0 Å². The Balaban J connectivity index is 2.42. The molecular weight excluding hydrogens is 146 g/mol. The summed E-state index contributed by atoms with van der Waals surface area (Å²) in [6, 6.07) is 0. The number of anilines is 1. The predicted molar refractivity (Wildman–Crippen MR) is 42.9 cm³/mol. The fourth-order valence-corrected chi connectivity index (χ4v) is 1.18. The van der Waals surface area contributed by atoms with Crippen molar-refractivity contribution in [1.29, 1.82) is 0 Å². The topological polar surface area (TPSA) is 51.8 Å². The number of nitrogen functional groups attached to an aromatic ring is 1. The van der Waals surface area contributed by atoms with Crippen LogP contribution in [-0.4, -0.2) is 9.36 Å². The molecule has 0 saturated carbocycles. The number of aryl methyl sites for hydroxylation is 1. The van der Waals surface area contributed by atoms with Gasteiger partial charge in [-0.3, -0.25) is 0 Å². The normalized spacial score (nSPS) is 10.1. The standard InChI is InChI=1S/C6H11N3S/c1-2-3-4-5-8-6(7)10-9-5/h2-4H2,1H3,(H2,7,8,9). The summed E-state index contributed by atoms with van der Waals surface area (Å²) in [6.45, 7) is 2.15. The lowest BCUT2D eigenvalue weighted by Crippen LogP contribution is -1.88. The van der Waals surface area contributed by atoms with Gasteiger partial charge in [-0.25, -0.2) is 4.98 Å². The molecule has 0 aliphatic rings. The third-order valence-corrected chi connectivity index (χ3v) is 1.82. The number of unbranched alkanes of at least 4 members (excludes halogenated alkanes) is 1. The Morgan fingerprint density at radius 3 is 2.90 bits per heavy atom. The summed E-state index contributed by atoms with van der Waals surface area (Å²) in [4.78, 5) is 4.03. The van der Waals surface area contributed by atoms with Crippen LogP contribution in [0.3, 0.4) is 0 Å². The van der Waals surface area contributed by atoms with E-state index in [9.17, 15) is 0 Å². The molecular formula is C6H11N3S. The minimum Gasteiger partial charge on any atom is -0.374 e. The minimum atomic E-state index is 0.575. The molecule has 10 heavy (non-hydrogen) atoms. The van der Waals surface area contributed by atoms with E-state index in [1.54, 1.807) is 0 Å². The van der Waals surface area contributed by atoms with E-state index in [0.29, 0.717) is 5.13 Å². The number of hydrogen-bond donors (Lipinski definition) is 1. The molecule has 0 spiro atoms. The van der Waals surface area contributed by atoms with Crippen molar-refractivity contribution in [3.8, 4) is 0 Å². The van der Waals surface area contributed by atoms with Gasteiger partial charge in [-0.15, -0.1) is 0 Å². The Labute approximate surface area is 64.5 Å². The third-order valence-electron chi connectivity index (χ3n) is 1.24. The second-order valence-electron chi connectivity index (χ2n) is 2.15. The van der Waals surface area contributed by atoms with Crippen LogP contribution in [-0.2, 0) is 6.42 Å². The maximum absolute atomic E-state index is 5.40. The molecule has 1 heterocycles. The highest BCUT2D eigenvalue weighted by Crippen LogP contribution is 2.07. The first kappa shape index (κ1) is 7.47. The van der Waals surface area contributed by atoms with Crippen molar-refractivity contribution in [2.75, 3.05) is 5.73 Å². The molecule has 1 aromatic heterocycles. The average Bonchev–Trinajstić information content (AvgIpc) is 2.31. The molecule has 0 atom stereocenters. The molecule has 0 aliphatic heterocycles. The average molecular weight is 157 g/mol. The van der Waals surface area contributed by atoms with Crippen molar-refractivity contribution in [2.24, 2.45) is 0 Å². The molecule has 1 aromatic rings. The summed E-state index contributed by atoms with van der Waals surface area (Å²) in [5.74, 6) is 0.893. The number of nitrogens with zero attached hydrogens (tertiary/aromatic N) is 2. The van der Waals surface area contributed by atoms with Gasteiger partial charge in [0.1, 0.15) is 5.82 Å². The summed E-state index contributed by atoms with van der Waals surface area (Å²) in [7, 11) is 0. The van der Waals surface area contributed by atoms with Crippen LogP contribution in [0.15, 0.2) is 0 Å². The minimum absolute atomic E-state index is 0.575. The van der Waals surface area contributed by atoms with Crippen molar-refractivity contribution in [2.45, 2.75) is 26.2 Å². The van der Waals surface area contributed by atoms with E-state index >= 15 is 0 Å². The highest BCUT2D eigenvalue weighted by atomic mass is 32.1. The fourth-order valence-electron chi connectivity index (χ4n) is 0.704. The third kappa shape index (κ3) is 1.95. The molecule has 0 bridgehead atoms. The van der Waals surface area contributed by atoms with E-state index in [2.05, 4.69) is 16.3 Å². The van der Waals surface area contributed by atoms with E-state index in [-0.39, 0.29) is 0 Å². The van der Waals surface area contributed by atoms with Gasteiger partial charge in [-0.2, -0.15) is 4.37 Å². The lowest BCUT2D eigenvalue weighted by atomic mass is 10.2. The summed E-state index contributed by atoms with van der Waals surface area (Å²) < 4.78 is 4.06. The van der Waals surface area contributed by atoms with Crippen molar-refractivity contribution in [1.82, 2.24) is 9.36 Å². The molecule has 0 radical (unpaired) electrons. The molecule has 2 N–H and O–H groups in total. The highest BCUT2D eigenvalue weighted by molar-refractivity contribution is 7.09. The molecule has 4 heteroatoms. The first-order chi connectivity index (χ1) is 4.83. The van der Waals surface area contributed by atoms with Crippen molar-refractivity contribution < 1.29 is 0 Å². The van der Waals surface area contributed by atoms with Gasteiger partial charge >= 0.3 is 0 Å². The Hall–Kier alpha value is -0.640. The van der Waals surface area contributed by atoms with E-state index < -0.39 is 0 Å². The Morgan fingerprint density at radius 1 is 1.60 bits per heavy atom. The summed E-state index contributed by atoms with van der Waals surface area (Å²) >= 11 is 1.27. The number of hydrogen-bond acceptors (Lipinski definition) is 4. The van der Waals surface area contributed by atoms with Gasteiger partial charge in [0.2, 0.25) is 0 Å². The number of nitrogens with two attached hydrogens (primary N) is 1. The van der Waals surface area contributed by atoms with Gasteiger partial charge in [-0.05, 0) is 6.42 Å². The monoisotopic (exact) mass is 157 g/mol. The first-order valence-corrected chi connectivity index (χ1v) is 4.18. The molecule has 1 rings (SSSR count). The van der Waals surface area contributed by atoms with Crippen LogP contribution in [0.2, 0.25) is 0 Å². The zero-order valence-electron chi connectivity index (χ0n) is 6.00. The van der Waals surface area contributed by atoms with Gasteiger partial charge in [0.15, 0.2) is 5.13 Å². The Kier molecular flexibility index (Phi) is 2.62. The van der Waals surface area contributed by atoms with E-state index in [1.165, 1.54) is 18.0 Å². The van der Waals surface area contributed by atoms with Gasteiger partial charge in [0.25, 0.3) is 0 Å². The second kappa shape index (κ2) is 3.51. The summed E-state index contributed by atoms with van der Waals surface area (Å²) in [5, 5.41) is 0.575. The van der Waals surface area contributed by atoms with Gasteiger partial charge in [-0.1, -0.05) is 13.3 Å². The number of rotatable bonds is 3. The van der Waals surface area contributed by atoms with E-state index in [4.69, 9.17) is 5.73 Å². The second-order valence-corrected chi connectivity index (χ2v) is 2.94. The zero-order chi connectivity index (χ0) is 7.40. The highest BCUT2D eigenvalue weighted by Gasteiger charge is 1.97. The zero-order valence-corrected chi connectivity index (χ0v) is 6.82. The van der Waals surface area contributed by atoms with E-state index in [0.717, 1.165) is 18.7 Å². The lowest BCUT2D eigenvalue weighted by molar-refractivity contribution is 0.765. The molecule has 3 nitrogen and oxygen atoms in total. The molecule has 0 amide bonds. The van der Waals surface area contributed by atoms with Crippen LogP contribution in [0.1, 0.15) is 25.6 Å². The van der Waals surface area contributed by atoms with Gasteiger partial charge in [0, 0.05) is 18.0 Å². The predicted octanol–water partition coefficient (Wildman–Crippen LogP) is 1.46. The Morgan fingerprint density at radius 2 is 2.40 bits per heavy atom. The Bertz CT molecular complexity index is 197. The number of aromatic nitrogens is 2. The van der Waals surface area contributed by atoms with Crippen LogP contribution in [0, 0.1) is 0 Å². The largest absolute Gasteiger partial charge is 0.374 e. The van der Waals surface area contributed by atoms with Gasteiger partial charge in [0.05, 0.1) is 0 Å². The van der Waals surface area contributed by atoms with Crippen LogP contribution in [0.25, 0.3) is 0 Å². The molecule has 0 aliphatic carbocycles. The SMILES string of the molecule is CCCCc1nsc(N)n1. The molecule has 0 aromatic carbocycles. The fraction of sp³-hybridized carbons (Fsp3) is 0.667. The molecule has 56 valence electrons. The summed E-state index contributed by atoms with van der Waals surface area (Å²) in [6.07, 6.45) is 3.29. The quantitative estimate of drug-likeness (QED) is 0.722. The van der Waals surface area contributed by atoms with Crippen LogP contribution >= 0.6 is 11.5 Å². The molecule has 0 fully saturated rings. The van der Waals surface area contributed by atoms with Crippen LogP contribution in [0.4, 0.5) is 5.13 Å². The first-order valence-electron chi connectivity index (χ1n) is 3.41. The van der Waals surface area contributed by atoms with Crippen LogP contribution < -0.4 is 5.73 Å². The maximum Gasteiger partial charge on any atom is 0.199 e. The lowest BCUT2D eigenvalue weighted by Gasteiger charge is -1.88. The summed E-state index contributed by atoms with van der Waals surface area (Å²) in [5.41, 5.74) is 5.40. The van der Waals surface area contributed by atoms with Gasteiger partial charge < -0.3 is 5.73 Å². The smallest absolute Gasteiger partial charge is 0.199 e. The maximum atomic E-state index is 5.40. The molecule has 0 unspecified atom stereocenters.